The summed E-state index contributed by atoms with van der Waals surface area (Å²) >= 11 is 1.73. The van der Waals surface area contributed by atoms with Gasteiger partial charge in [-0.15, -0.1) is 11.8 Å². The van der Waals surface area contributed by atoms with Crippen LogP contribution in [-0.4, -0.2) is 12.4 Å². The average Bonchev–Trinajstić information content (AvgIpc) is 2.39. The molecule has 2 aromatic carbocycles. The summed E-state index contributed by atoms with van der Waals surface area (Å²) < 4.78 is 5.68. The molecule has 3 heteroatoms. The average molecular weight is 273 g/mol. The molecule has 0 aliphatic heterocycles. The monoisotopic (exact) mass is 273 g/mol. The van der Waals surface area contributed by atoms with E-state index in [0.717, 1.165) is 22.1 Å². The molecule has 19 heavy (non-hydrogen) atoms. The first-order valence-corrected chi connectivity index (χ1v) is 7.32. The molecule has 0 aliphatic carbocycles. The fourth-order valence-electron chi connectivity index (χ4n) is 1.74. The number of aryl methyl sites for hydroxylation is 2. The Morgan fingerprint density at radius 2 is 1.68 bits per heavy atom. The summed E-state index contributed by atoms with van der Waals surface area (Å²) in [7, 11) is 0. The second kappa shape index (κ2) is 6.53. The maximum absolute atomic E-state index is 5.97. The summed E-state index contributed by atoms with van der Waals surface area (Å²) in [5.41, 5.74) is 9.25. The number of nitrogens with two attached hydrogens (primary N) is 1. The van der Waals surface area contributed by atoms with Crippen molar-refractivity contribution in [1.82, 2.24) is 0 Å². The molecule has 0 spiro atoms. The van der Waals surface area contributed by atoms with Crippen LogP contribution in [-0.2, 0) is 0 Å². The molecule has 0 aromatic heterocycles. The van der Waals surface area contributed by atoms with Gasteiger partial charge in [0.2, 0.25) is 0 Å². The second-order valence-corrected chi connectivity index (χ2v) is 5.69. The van der Waals surface area contributed by atoms with Gasteiger partial charge in [-0.05, 0) is 43.7 Å². The van der Waals surface area contributed by atoms with Gasteiger partial charge >= 0.3 is 0 Å². The fraction of sp³-hybridized carbons (Fsp3) is 0.250. The molecule has 2 nitrogen and oxygen atoms in total. The van der Waals surface area contributed by atoms with Crippen molar-refractivity contribution in [2.45, 2.75) is 18.7 Å². The molecule has 2 rings (SSSR count). The van der Waals surface area contributed by atoms with Gasteiger partial charge < -0.3 is 10.5 Å². The highest BCUT2D eigenvalue weighted by Gasteiger charge is 2.00. The Morgan fingerprint density at radius 3 is 2.37 bits per heavy atom. The lowest BCUT2D eigenvalue weighted by molar-refractivity contribution is 0.344. The van der Waals surface area contributed by atoms with Crippen molar-refractivity contribution in [2.75, 3.05) is 18.1 Å². The Labute approximate surface area is 119 Å². The molecule has 0 fully saturated rings. The van der Waals surface area contributed by atoms with Crippen molar-refractivity contribution < 1.29 is 4.74 Å². The van der Waals surface area contributed by atoms with Gasteiger partial charge in [0.05, 0.1) is 6.61 Å². The van der Waals surface area contributed by atoms with Crippen molar-refractivity contribution in [1.29, 1.82) is 0 Å². The molecule has 0 aliphatic rings. The molecule has 0 amide bonds. The van der Waals surface area contributed by atoms with E-state index >= 15 is 0 Å². The topological polar surface area (TPSA) is 35.2 Å². The predicted molar refractivity (Wildman–Crippen MR) is 83.0 cm³/mol. The largest absolute Gasteiger partial charge is 0.493 e. The van der Waals surface area contributed by atoms with E-state index < -0.39 is 0 Å². The molecule has 0 atom stereocenters. The summed E-state index contributed by atoms with van der Waals surface area (Å²) in [5.74, 6) is 1.81. The SMILES string of the molecule is Cc1ccc(OCCSc2ccc(C)cc2N)cc1. The maximum Gasteiger partial charge on any atom is 0.119 e. The maximum atomic E-state index is 5.97. The fourth-order valence-corrected chi connectivity index (χ4v) is 2.52. The number of hydrogen-bond acceptors (Lipinski definition) is 3. The molecule has 100 valence electrons. The van der Waals surface area contributed by atoms with Gasteiger partial charge in [0.1, 0.15) is 5.75 Å². The number of anilines is 1. The van der Waals surface area contributed by atoms with E-state index in [1.807, 2.05) is 25.1 Å². The van der Waals surface area contributed by atoms with E-state index in [2.05, 4.69) is 31.2 Å². The third kappa shape index (κ3) is 4.21. The lowest BCUT2D eigenvalue weighted by atomic mass is 10.2. The van der Waals surface area contributed by atoms with Crippen LogP contribution in [0, 0.1) is 13.8 Å². The van der Waals surface area contributed by atoms with Gasteiger partial charge in [0, 0.05) is 16.3 Å². The molecule has 0 radical (unpaired) electrons. The van der Waals surface area contributed by atoms with Crippen LogP contribution in [0.15, 0.2) is 47.4 Å². The van der Waals surface area contributed by atoms with E-state index in [4.69, 9.17) is 10.5 Å². The van der Waals surface area contributed by atoms with Crippen LogP contribution in [0.4, 0.5) is 5.69 Å². The first-order chi connectivity index (χ1) is 9.15. The van der Waals surface area contributed by atoms with E-state index in [0.29, 0.717) is 6.61 Å². The van der Waals surface area contributed by atoms with Crippen LogP contribution in [0.3, 0.4) is 0 Å². The molecule has 0 bridgehead atoms. The molecule has 2 aromatic rings. The van der Waals surface area contributed by atoms with Crippen molar-refractivity contribution in [3.63, 3.8) is 0 Å². The van der Waals surface area contributed by atoms with E-state index in [9.17, 15) is 0 Å². The Morgan fingerprint density at radius 1 is 1.00 bits per heavy atom. The molecule has 0 saturated heterocycles. The summed E-state index contributed by atoms with van der Waals surface area (Å²) in [6, 6.07) is 14.3. The Balaban J connectivity index is 1.79. The summed E-state index contributed by atoms with van der Waals surface area (Å²) in [6.45, 7) is 4.80. The molecule has 0 heterocycles. The standard InChI is InChI=1S/C16H19NOS/c1-12-3-6-14(7-4-12)18-9-10-19-16-8-5-13(2)11-15(16)17/h3-8,11H,9-10,17H2,1-2H3. The quantitative estimate of drug-likeness (QED) is 0.507. The highest BCUT2D eigenvalue weighted by atomic mass is 32.2. The van der Waals surface area contributed by atoms with E-state index in [1.165, 1.54) is 11.1 Å². The number of benzene rings is 2. The van der Waals surface area contributed by atoms with Crippen LogP contribution in [0.1, 0.15) is 11.1 Å². The molecule has 0 unspecified atom stereocenters. The molecule has 2 N–H and O–H groups in total. The number of rotatable bonds is 5. The van der Waals surface area contributed by atoms with Crippen LogP contribution >= 0.6 is 11.8 Å². The first kappa shape index (κ1) is 13.8. The number of hydrogen-bond donors (Lipinski definition) is 1. The molecular formula is C16H19NOS. The predicted octanol–water partition coefficient (Wildman–Crippen LogP) is 4.06. The van der Waals surface area contributed by atoms with Crippen molar-refractivity contribution >= 4 is 17.4 Å². The lowest BCUT2D eigenvalue weighted by Gasteiger charge is -2.08. The summed E-state index contributed by atoms with van der Waals surface area (Å²) in [4.78, 5) is 1.12. The van der Waals surface area contributed by atoms with Crippen molar-refractivity contribution in [3.8, 4) is 5.75 Å². The minimum absolute atomic E-state index is 0.682. The van der Waals surface area contributed by atoms with E-state index in [1.54, 1.807) is 11.8 Å². The van der Waals surface area contributed by atoms with Crippen molar-refractivity contribution in [3.05, 3.63) is 53.6 Å². The van der Waals surface area contributed by atoms with Gasteiger partial charge in [-0.25, -0.2) is 0 Å². The van der Waals surface area contributed by atoms with Gasteiger partial charge in [-0.1, -0.05) is 23.8 Å². The first-order valence-electron chi connectivity index (χ1n) is 6.33. The molecular weight excluding hydrogens is 254 g/mol. The Hall–Kier alpha value is -1.61. The van der Waals surface area contributed by atoms with Gasteiger partial charge in [-0.3, -0.25) is 0 Å². The van der Waals surface area contributed by atoms with E-state index in [-0.39, 0.29) is 0 Å². The number of ether oxygens (including phenoxy) is 1. The number of thioether (sulfide) groups is 1. The summed E-state index contributed by atoms with van der Waals surface area (Å²) in [6.07, 6.45) is 0. The Bertz CT molecular complexity index is 537. The van der Waals surface area contributed by atoms with Crippen molar-refractivity contribution in [2.24, 2.45) is 0 Å². The third-order valence-electron chi connectivity index (χ3n) is 2.80. The van der Waals surface area contributed by atoms with Gasteiger partial charge in [-0.2, -0.15) is 0 Å². The highest BCUT2D eigenvalue weighted by Crippen LogP contribution is 2.25. The normalized spacial score (nSPS) is 10.4. The van der Waals surface area contributed by atoms with Crippen LogP contribution in [0.2, 0.25) is 0 Å². The highest BCUT2D eigenvalue weighted by molar-refractivity contribution is 7.99. The van der Waals surface area contributed by atoms with Crippen LogP contribution in [0.5, 0.6) is 5.75 Å². The van der Waals surface area contributed by atoms with Crippen LogP contribution < -0.4 is 10.5 Å². The molecule has 0 saturated carbocycles. The zero-order valence-electron chi connectivity index (χ0n) is 11.3. The summed E-state index contributed by atoms with van der Waals surface area (Å²) in [5, 5.41) is 0. The van der Waals surface area contributed by atoms with Gasteiger partial charge in [0.25, 0.3) is 0 Å². The second-order valence-electron chi connectivity index (χ2n) is 4.55. The minimum Gasteiger partial charge on any atom is -0.493 e. The third-order valence-corrected chi connectivity index (χ3v) is 3.85. The van der Waals surface area contributed by atoms with Crippen LogP contribution in [0.25, 0.3) is 0 Å². The smallest absolute Gasteiger partial charge is 0.119 e. The Kier molecular flexibility index (Phi) is 4.74. The van der Waals surface area contributed by atoms with Gasteiger partial charge in [0.15, 0.2) is 0 Å². The number of nitrogen functional groups attached to an aromatic ring is 1. The lowest BCUT2D eigenvalue weighted by Crippen LogP contribution is -2.00. The minimum atomic E-state index is 0.682. The zero-order chi connectivity index (χ0) is 13.7. The zero-order valence-corrected chi connectivity index (χ0v) is 12.2.